The van der Waals surface area contributed by atoms with Gasteiger partial charge in [0, 0.05) is 0 Å². The van der Waals surface area contributed by atoms with Crippen LogP contribution in [0.2, 0.25) is 0 Å². The van der Waals surface area contributed by atoms with Gasteiger partial charge in [-0.3, -0.25) is 0 Å². The number of allylic oxidation sites excluding steroid dienone is 5. The second-order valence-corrected chi connectivity index (χ2v) is 3.65. The van der Waals surface area contributed by atoms with Crippen LogP contribution in [0.3, 0.4) is 0 Å². The molecule has 0 bridgehead atoms. The molecule has 1 rings (SSSR count). The first-order valence-corrected chi connectivity index (χ1v) is 5.22. The predicted octanol–water partition coefficient (Wildman–Crippen LogP) is 4.53. The van der Waals surface area contributed by atoms with E-state index in [0.717, 1.165) is 0 Å². The van der Waals surface area contributed by atoms with E-state index in [0.29, 0.717) is 0 Å². The summed E-state index contributed by atoms with van der Waals surface area (Å²) in [7, 11) is 0. The van der Waals surface area contributed by atoms with Crippen molar-refractivity contribution in [2.24, 2.45) is 0 Å². The molecule has 0 aliphatic heterocycles. The number of hydrogen-bond acceptors (Lipinski definition) is 0. The van der Waals surface area contributed by atoms with Crippen LogP contribution in [0.4, 0.5) is 0 Å². The monoisotopic (exact) mass is 198 g/mol. The highest BCUT2D eigenvalue weighted by atomic mass is 14.1. The number of benzene rings is 1. The maximum atomic E-state index is 3.76. The lowest BCUT2D eigenvalue weighted by Crippen LogP contribution is -1.86. The molecule has 0 N–H and O–H groups in total. The highest BCUT2D eigenvalue weighted by molar-refractivity contribution is 5.79. The van der Waals surface area contributed by atoms with Crippen molar-refractivity contribution >= 4 is 5.57 Å². The topological polar surface area (TPSA) is 0 Å². The Hall–Kier alpha value is -1.56. The van der Waals surface area contributed by atoms with Crippen LogP contribution < -0.4 is 0 Å². The summed E-state index contributed by atoms with van der Waals surface area (Å²) < 4.78 is 0. The highest BCUT2D eigenvalue weighted by Crippen LogP contribution is 2.22. The molecule has 1 aromatic rings. The van der Waals surface area contributed by atoms with Gasteiger partial charge in [-0.1, -0.05) is 54.6 Å². The second kappa shape index (κ2) is 5.35. The van der Waals surface area contributed by atoms with Gasteiger partial charge in [-0.15, -0.1) is 0 Å². The zero-order valence-electron chi connectivity index (χ0n) is 9.75. The van der Waals surface area contributed by atoms with Gasteiger partial charge in [0.1, 0.15) is 0 Å². The quantitative estimate of drug-likeness (QED) is 0.626. The minimum absolute atomic E-state index is 1.24. The molecule has 0 aromatic heterocycles. The standard InChI is InChI=1S/C15H18/c1-5-7-15(13(4)6-2)14-10-8-12(3)9-11-14/h5-11H,1H2,2-4H3/b13-6-,15-7+. The van der Waals surface area contributed by atoms with Crippen LogP contribution in [0.5, 0.6) is 0 Å². The summed E-state index contributed by atoms with van der Waals surface area (Å²) in [5.41, 5.74) is 5.05. The highest BCUT2D eigenvalue weighted by Gasteiger charge is 2.01. The van der Waals surface area contributed by atoms with Gasteiger partial charge in [-0.2, -0.15) is 0 Å². The first-order chi connectivity index (χ1) is 7.19. The molecule has 0 nitrogen and oxygen atoms in total. The lowest BCUT2D eigenvalue weighted by molar-refractivity contribution is 1.42. The Kier molecular flexibility index (Phi) is 4.11. The Labute approximate surface area is 92.6 Å². The van der Waals surface area contributed by atoms with Crippen molar-refractivity contribution in [1.82, 2.24) is 0 Å². The Morgan fingerprint density at radius 3 is 2.27 bits per heavy atom. The molecule has 0 radical (unpaired) electrons. The third kappa shape index (κ3) is 2.95. The average molecular weight is 198 g/mol. The van der Waals surface area contributed by atoms with Crippen LogP contribution in [0.15, 0.2) is 54.6 Å². The van der Waals surface area contributed by atoms with Gasteiger partial charge >= 0.3 is 0 Å². The van der Waals surface area contributed by atoms with Crippen LogP contribution in [0.25, 0.3) is 5.57 Å². The molecule has 0 heteroatoms. The van der Waals surface area contributed by atoms with Crippen molar-refractivity contribution < 1.29 is 0 Å². The van der Waals surface area contributed by atoms with Crippen molar-refractivity contribution in [2.75, 3.05) is 0 Å². The van der Waals surface area contributed by atoms with E-state index >= 15 is 0 Å². The molecule has 78 valence electrons. The van der Waals surface area contributed by atoms with E-state index < -0.39 is 0 Å². The van der Waals surface area contributed by atoms with Gasteiger partial charge in [0.15, 0.2) is 0 Å². The first kappa shape index (κ1) is 11.5. The fraction of sp³-hybridized carbons (Fsp3) is 0.200. The van der Waals surface area contributed by atoms with Crippen LogP contribution in [-0.4, -0.2) is 0 Å². The number of rotatable bonds is 3. The zero-order valence-corrected chi connectivity index (χ0v) is 9.75. The van der Waals surface area contributed by atoms with Gasteiger partial charge in [0.25, 0.3) is 0 Å². The number of aryl methyl sites for hydroxylation is 1. The Balaban J connectivity index is 3.16. The molecule has 15 heavy (non-hydrogen) atoms. The SMILES string of the molecule is C=C/C=C(\C(C)=C/C)c1ccc(C)cc1. The Bertz CT molecular complexity index is 389. The summed E-state index contributed by atoms with van der Waals surface area (Å²) >= 11 is 0. The van der Waals surface area contributed by atoms with E-state index in [4.69, 9.17) is 0 Å². The molecular weight excluding hydrogens is 180 g/mol. The fourth-order valence-corrected chi connectivity index (χ4v) is 1.46. The maximum Gasteiger partial charge on any atom is -0.0158 e. The lowest BCUT2D eigenvalue weighted by atomic mass is 9.97. The predicted molar refractivity (Wildman–Crippen MR) is 68.8 cm³/mol. The summed E-state index contributed by atoms with van der Waals surface area (Å²) in [6, 6.07) is 8.57. The maximum absolute atomic E-state index is 3.76. The van der Waals surface area contributed by atoms with Gasteiger partial charge in [0.05, 0.1) is 0 Å². The second-order valence-electron chi connectivity index (χ2n) is 3.65. The summed E-state index contributed by atoms with van der Waals surface area (Å²) in [4.78, 5) is 0. The zero-order chi connectivity index (χ0) is 11.3. The van der Waals surface area contributed by atoms with Gasteiger partial charge in [0.2, 0.25) is 0 Å². The Morgan fingerprint density at radius 2 is 1.80 bits per heavy atom. The molecule has 0 heterocycles. The normalized spacial score (nSPS) is 12.7. The smallest absolute Gasteiger partial charge is 0.0158 e. The molecular formula is C15H18. The molecule has 0 saturated carbocycles. The van der Waals surface area contributed by atoms with Crippen LogP contribution in [0, 0.1) is 6.92 Å². The molecule has 0 fully saturated rings. The van der Waals surface area contributed by atoms with Crippen LogP contribution in [-0.2, 0) is 0 Å². The molecule has 0 spiro atoms. The van der Waals surface area contributed by atoms with E-state index in [9.17, 15) is 0 Å². The average Bonchev–Trinajstić information content (AvgIpc) is 2.26. The van der Waals surface area contributed by atoms with E-state index in [-0.39, 0.29) is 0 Å². The minimum Gasteiger partial charge on any atom is -0.0990 e. The summed E-state index contributed by atoms with van der Waals surface area (Å²) in [6.45, 7) is 10.0. The van der Waals surface area contributed by atoms with E-state index in [1.54, 1.807) is 0 Å². The molecule has 0 aliphatic carbocycles. The third-order valence-corrected chi connectivity index (χ3v) is 2.50. The van der Waals surface area contributed by atoms with Crippen molar-refractivity contribution in [2.45, 2.75) is 20.8 Å². The van der Waals surface area contributed by atoms with Crippen LogP contribution in [0.1, 0.15) is 25.0 Å². The largest absolute Gasteiger partial charge is 0.0990 e. The van der Waals surface area contributed by atoms with Crippen molar-refractivity contribution in [1.29, 1.82) is 0 Å². The summed E-state index contributed by atoms with van der Waals surface area (Å²) in [5.74, 6) is 0. The summed E-state index contributed by atoms with van der Waals surface area (Å²) in [5, 5.41) is 0. The van der Waals surface area contributed by atoms with Gasteiger partial charge in [-0.25, -0.2) is 0 Å². The van der Waals surface area contributed by atoms with E-state index in [1.165, 1.54) is 22.3 Å². The molecule has 0 aliphatic rings. The van der Waals surface area contributed by atoms with Crippen molar-refractivity contribution in [3.8, 4) is 0 Å². The minimum atomic E-state index is 1.24. The third-order valence-electron chi connectivity index (χ3n) is 2.50. The fourth-order valence-electron chi connectivity index (χ4n) is 1.46. The van der Waals surface area contributed by atoms with Crippen molar-refractivity contribution in [3.63, 3.8) is 0 Å². The van der Waals surface area contributed by atoms with Gasteiger partial charge in [-0.05, 0) is 37.5 Å². The molecule has 0 atom stereocenters. The van der Waals surface area contributed by atoms with Crippen LogP contribution >= 0.6 is 0 Å². The molecule has 0 unspecified atom stereocenters. The molecule has 0 amide bonds. The van der Waals surface area contributed by atoms with Crippen molar-refractivity contribution in [3.05, 3.63) is 65.8 Å². The van der Waals surface area contributed by atoms with E-state index in [2.05, 4.69) is 63.8 Å². The number of hydrogen-bond donors (Lipinski definition) is 0. The Morgan fingerprint density at radius 1 is 1.20 bits per heavy atom. The first-order valence-electron chi connectivity index (χ1n) is 5.22. The molecule has 0 saturated heterocycles. The van der Waals surface area contributed by atoms with Gasteiger partial charge < -0.3 is 0 Å². The summed E-state index contributed by atoms with van der Waals surface area (Å²) in [6.07, 6.45) is 6.01. The molecule has 1 aromatic carbocycles. The lowest BCUT2D eigenvalue weighted by Gasteiger charge is -2.07. The van der Waals surface area contributed by atoms with E-state index in [1.807, 2.05) is 6.08 Å².